The zero-order chi connectivity index (χ0) is 33.9. The molecule has 2 saturated heterocycles. The van der Waals surface area contributed by atoms with Gasteiger partial charge in [-0.05, 0) is 46.9 Å². The van der Waals surface area contributed by atoms with Gasteiger partial charge < -0.3 is 14.2 Å². The molecule has 254 valence electrons. The number of carbonyl (C=O) groups excluding carboxylic acids is 1. The number of halogens is 7. The lowest BCUT2D eigenvalue weighted by Gasteiger charge is -2.43. The number of aromatic nitrogens is 3. The third-order valence-electron chi connectivity index (χ3n) is 9.49. The molecule has 2 aromatic carbocycles. The van der Waals surface area contributed by atoms with E-state index in [-0.39, 0.29) is 80.4 Å². The van der Waals surface area contributed by atoms with Crippen molar-refractivity contribution in [3.8, 4) is 0 Å². The lowest BCUT2D eigenvalue weighted by Crippen LogP contribution is -2.56. The molecule has 2 fully saturated rings. The van der Waals surface area contributed by atoms with Crippen LogP contribution in [0.4, 0.5) is 36.4 Å². The minimum atomic E-state index is -4.76. The highest BCUT2D eigenvalue weighted by Crippen LogP contribution is 2.47. The molecule has 0 unspecified atom stereocenters. The number of aryl methyl sites for hydroxylation is 1. The van der Waals surface area contributed by atoms with Gasteiger partial charge in [-0.15, -0.1) is 10.2 Å². The molecular formula is C32H35F7N6O2. The number of ether oxygens (including phenoxy) is 1. The number of benzene rings is 2. The van der Waals surface area contributed by atoms with E-state index in [0.717, 1.165) is 6.07 Å². The number of piperazine rings is 1. The maximum absolute atomic E-state index is 15.9. The first-order chi connectivity index (χ1) is 22.1. The van der Waals surface area contributed by atoms with Crippen molar-refractivity contribution in [1.29, 1.82) is 0 Å². The summed E-state index contributed by atoms with van der Waals surface area (Å²) in [5.74, 6) is -0.579. The number of fused-ring (bicyclic) bond motifs is 1. The van der Waals surface area contributed by atoms with Crippen LogP contribution in [0.15, 0.2) is 42.7 Å². The van der Waals surface area contributed by atoms with Crippen LogP contribution in [0.1, 0.15) is 58.5 Å². The monoisotopic (exact) mass is 668 g/mol. The Morgan fingerprint density at radius 2 is 1.81 bits per heavy atom. The summed E-state index contributed by atoms with van der Waals surface area (Å²) >= 11 is 0. The van der Waals surface area contributed by atoms with Crippen LogP contribution in [0, 0.1) is 5.92 Å². The van der Waals surface area contributed by atoms with E-state index in [9.17, 15) is 31.1 Å². The minimum Gasteiger partial charge on any atom is -0.379 e. The zero-order valence-electron chi connectivity index (χ0n) is 26.1. The lowest BCUT2D eigenvalue weighted by atomic mass is 9.74. The second kappa shape index (κ2) is 12.2. The number of hydrogen-bond acceptors (Lipinski definition) is 6. The van der Waals surface area contributed by atoms with Crippen molar-refractivity contribution in [3.63, 3.8) is 0 Å². The molecule has 8 nitrogen and oxygen atoms in total. The number of hydrogen-bond donors (Lipinski definition) is 0. The van der Waals surface area contributed by atoms with Crippen LogP contribution in [0.3, 0.4) is 0 Å². The number of rotatable bonds is 8. The van der Waals surface area contributed by atoms with Gasteiger partial charge >= 0.3 is 12.4 Å². The van der Waals surface area contributed by atoms with E-state index < -0.39 is 42.0 Å². The molecule has 0 radical (unpaired) electrons. The standard InChI is InChI=1S/C32H35F7N6O2/c1-19(2)26-14-43(15-31(34,35)36)7-8-44(26)12-20-9-23-24(25(10-20)32(37,38)39)13-45(29(23)46)22-6-4-5-21(11-22)30(16-47-17-30)27(33)28-41-40-18-42(28)3/h4-6,9-11,18-19,26-27H,7-8,12-17H2,1-3H3/t26-,27+/m1/s1. The van der Waals surface area contributed by atoms with Gasteiger partial charge in [-0.2, -0.15) is 26.3 Å². The number of carbonyl (C=O) groups is 1. The smallest absolute Gasteiger partial charge is 0.379 e. The first kappa shape index (κ1) is 33.3. The van der Waals surface area contributed by atoms with Gasteiger partial charge in [0.05, 0.1) is 37.3 Å². The normalized spacial score (nSPS) is 21.3. The predicted octanol–water partition coefficient (Wildman–Crippen LogP) is 5.68. The fraction of sp³-hybridized carbons (Fsp3) is 0.531. The van der Waals surface area contributed by atoms with Crippen molar-refractivity contribution in [2.24, 2.45) is 13.0 Å². The Morgan fingerprint density at radius 1 is 1.06 bits per heavy atom. The van der Waals surface area contributed by atoms with Gasteiger partial charge in [0, 0.05) is 50.5 Å². The van der Waals surface area contributed by atoms with Crippen molar-refractivity contribution in [1.82, 2.24) is 24.6 Å². The average molecular weight is 669 g/mol. The van der Waals surface area contributed by atoms with Crippen molar-refractivity contribution in [2.45, 2.75) is 56.9 Å². The van der Waals surface area contributed by atoms with Crippen LogP contribution in [0.25, 0.3) is 0 Å². The summed E-state index contributed by atoms with van der Waals surface area (Å²) in [7, 11) is 1.62. The highest BCUT2D eigenvalue weighted by molar-refractivity contribution is 6.10. The molecule has 2 atom stereocenters. The van der Waals surface area contributed by atoms with E-state index >= 15 is 4.39 Å². The Labute approximate surface area is 267 Å². The predicted molar refractivity (Wildman–Crippen MR) is 157 cm³/mol. The van der Waals surface area contributed by atoms with Crippen LogP contribution < -0.4 is 4.90 Å². The molecule has 1 aromatic heterocycles. The molecule has 47 heavy (non-hydrogen) atoms. The molecule has 3 aliphatic rings. The van der Waals surface area contributed by atoms with E-state index in [1.165, 1.54) is 26.8 Å². The maximum atomic E-state index is 15.9. The third kappa shape index (κ3) is 6.36. The van der Waals surface area contributed by atoms with Crippen molar-refractivity contribution in [3.05, 3.63) is 76.4 Å². The van der Waals surface area contributed by atoms with Crippen LogP contribution in [-0.2, 0) is 36.5 Å². The number of amides is 1. The van der Waals surface area contributed by atoms with Crippen LogP contribution >= 0.6 is 0 Å². The van der Waals surface area contributed by atoms with E-state index in [1.807, 2.05) is 18.7 Å². The number of anilines is 1. The van der Waals surface area contributed by atoms with Crippen LogP contribution in [0.5, 0.6) is 0 Å². The second-order valence-electron chi connectivity index (χ2n) is 13.1. The Bertz CT molecular complexity index is 1630. The number of alkyl halides is 7. The average Bonchev–Trinajstić information content (AvgIpc) is 3.54. The summed E-state index contributed by atoms with van der Waals surface area (Å²) in [6.45, 7) is 2.97. The van der Waals surface area contributed by atoms with Gasteiger partial charge in [-0.3, -0.25) is 14.6 Å². The maximum Gasteiger partial charge on any atom is 0.416 e. The first-order valence-corrected chi connectivity index (χ1v) is 15.3. The van der Waals surface area contributed by atoms with E-state index in [4.69, 9.17) is 4.74 Å². The lowest BCUT2D eigenvalue weighted by molar-refractivity contribution is -0.153. The molecule has 0 bridgehead atoms. The topological polar surface area (TPSA) is 66.7 Å². The van der Waals surface area contributed by atoms with Gasteiger partial charge in [0.25, 0.3) is 5.91 Å². The van der Waals surface area contributed by atoms with E-state index in [1.54, 1.807) is 31.3 Å². The summed E-state index contributed by atoms with van der Waals surface area (Å²) in [6, 6.07) is 8.71. The van der Waals surface area contributed by atoms with Crippen molar-refractivity contribution >= 4 is 11.6 Å². The number of nitrogens with zero attached hydrogens (tertiary/aromatic N) is 6. The Morgan fingerprint density at radius 3 is 2.40 bits per heavy atom. The van der Waals surface area contributed by atoms with Crippen LogP contribution in [-0.4, -0.2) is 82.1 Å². The Balaban J connectivity index is 1.28. The first-order valence-electron chi connectivity index (χ1n) is 15.3. The van der Waals surface area contributed by atoms with E-state index in [2.05, 4.69) is 10.2 Å². The fourth-order valence-corrected chi connectivity index (χ4v) is 6.92. The summed E-state index contributed by atoms with van der Waals surface area (Å²) < 4.78 is 105. The Kier molecular flexibility index (Phi) is 8.62. The van der Waals surface area contributed by atoms with Gasteiger partial charge in [-0.25, -0.2) is 4.39 Å². The van der Waals surface area contributed by atoms with Gasteiger partial charge in [-0.1, -0.05) is 26.0 Å². The molecule has 0 spiro atoms. The second-order valence-corrected chi connectivity index (χ2v) is 13.1. The van der Waals surface area contributed by atoms with E-state index in [0.29, 0.717) is 11.3 Å². The molecule has 0 aliphatic carbocycles. The molecule has 3 aromatic rings. The molecule has 6 rings (SSSR count). The fourth-order valence-electron chi connectivity index (χ4n) is 6.92. The molecule has 3 aliphatic heterocycles. The molecule has 15 heteroatoms. The summed E-state index contributed by atoms with van der Waals surface area (Å²) in [4.78, 5) is 18.3. The molecular weight excluding hydrogens is 633 g/mol. The minimum absolute atomic E-state index is 0.0437. The summed E-state index contributed by atoms with van der Waals surface area (Å²) in [5, 5.41) is 7.67. The summed E-state index contributed by atoms with van der Waals surface area (Å²) in [5.41, 5.74) is -1.20. The van der Waals surface area contributed by atoms with Gasteiger partial charge in [0.2, 0.25) is 0 Å². The molecule has 1 amide bonds. The van der Waals surface area contributed by atoms with Crippen LogP contribution in [0.2, 0.25) is 0 Å². The quantitative estimate of drug-likeness (QED) is 0.288. The summed E-state index contributed by atoms with van der Waals surface area (Å²) in [6.07, 6.45) is -9.32. The van der Waals surface area contributed by atoms with Crippen molar-refractivity contribution in [2.75, 3.05) is 44.3 Å². The molecule has 0 saturated carbocycles. The molecule has 4 heterocycles. The highest BCUT2D eigenvalue weighted by Gasteiger charge is 2.51. The van der Waals surface area contributed by atoms with Gasteiger partial charge in [0.1, 0.15) is 6.33 Å². The zero-order valence-corrected chi connectivity index (χ0v) is 26.1. The third-order valence-corrected chi connectivity index (χ3v) is 9.49. The SMILES string of the molecule is CC(C)[C@H]1CN(CC(F)(F)F)CCN1Cc1cc2c(c(C(F)(F)F)c1)CN(c1cccc(C3([C@@H](F)c4nncn4C)COC3)c1)C2=O. The molecule has 0 N–H and O–H groups in total. The largest absolute Gasteiger partial charge is 0.416 e. The Hall–Kier alpha value is -3.56. The van der Waals surface area contributed by atoms with Crippen molar-refractivity contribution < 1.29 is 40.3 Å². The van der Waals surface area contributed by atoms with Gasteiger partial charge in [0.15, 0.2) is 12.0 Å². The highest BCUT2D eigenvalue weighted by atomic mass is 19.4.